The van der Waals surface area contributed by atoms with Gasteiger partial charge in [0.15, 0.2) is 0 Å². The number of rotatable bonds is 2. The summed E-state index contributed by atoms with van der Waals surface area (Å²) < 4.78 is 3.86. The number of nitrogens with zero attached hydrogens (tertiary/aromatic N) is 1. The molecule has 5 heteroatoms. The molecule has 0 unspecified atom stereocenters. The van der Waals surface area contributed by atoms with Crippen LogP contribution >= 0.6 is 29.5 Å². The molecular weight excluding hydrogens is 255 g/mol. The van der Waals surface area contributed by atoms with Crippen LogP contribution in [0.25, 0.3) is 0 Å². The maximum atomic E-state index is 5.58. The van der Waals surface area contributed by atoms with Crippen molar-refractivity contribution >= 4 is 35.8 Å². The van der Waals surface area contributed by atoms with E-state index >= 15 is 0 Å². The second kappa shape index (κ2) is 4.54. The minimum atomic E-state index is -3.17. The molecule has 12 heavy (non-hydrogen) atoms. The molecule has 1 radical (unpaired) electrons. The first-order valence-electron chi connectivity index (χ1n) is 3.08. The van der Waals surface area contributed by atoms with Gasteiger partial charge in [-0.3, -0.25) is 0 Å². The van der Waals surface area contributed by atoms with Crippen LogP contribution in [0.5, 0.6) is 0 Å². The van der Waals surface area contributed by atoms with Gasteiger partial charge in [-0.05, 0) is 0 Å². The molecule has 0 atom stereocenters. The second-order valence-corrected chi connectivity index (χ2v) is 11.9. The van der Waals surface area contributed by atoms with Gasteiger partial charge in [0.2, 0.25) is 0 Å². The molecule has 1 nitrogen and oxygen atoms in total. The molecule has 64 valence electrons. The Bertz CT molecular complexity index is 268. The van der Waals surface area contributed by atoms with Crippen molar-refractivity contribution in [2.75, 3.05) is 0 Å². The molecule has 0 bridgehead atoms. The Balaban J connectivity index is 2.71. The molecule has 1 aromatic carbocycles. The van der Waals surface area contributed by atoms with Crippen LogP contribution in [0.3, 0.4) is 0 Å². The SMILES string of the molecule is [Cl][V]([Cl])([Cl])[N]=Cc1cc[c]cc1. The van der Waals surface area contributed by atoms with E-state index in [2.05, 4.69) is 9.91 Å². The van der Waals surface area contributed by atoms with Crippen molar-refractivity contribution in [3.8, 4) is 0 Å². The van der Waals surface area contributed by atoms with Crippen molar-refractivity contribution < 1.29 is 11.4 Å². The van der Waals surface area contributed by atoms with Gasteiger partial charge in [0.05, 0.1) is 0 Å². The molecule has 0 aromatic heterocycles. The van der Waals surface area contributed by atoms with Gasteiger partial charge in [0.25, 0.3) is 0 Å². The first-order chi connectivity index (χ1) is 5.58. The Kier molecular flexibility index (Phi) is 3.95. The van der Waals surface area contributed by atoms with E-state index in [-0.39, 0.29) is 0 Å². The molecule has 0 spiro atoms. The maximum absolute atomic E-state index is 5.58. The zero-order valence-corrected chi connectivity index (χ0v) is 9.58. The van der Waals surface area contributed by atoms with Crippen molar-refractivity contribution in [2.45, 2.75) is 0 Å². The van der Waals surface area contributed by atoms with Gasteiger partial charge in [-0.15, -0.1) is 0 Å². The summed E-state index contributed by atoms with van der Waals surface area (Å²) in [6.45, 7) is 0. The van der Waals surface area contributed by atoms with E-state index < -0.39 is 11.4 Å². The van der Waals surface area contributed by atoms with Gasteiger partial charge in [0.1, 0.15) is 0 Å². The van der Waals surface area contributed by atoms with Gasteiger partial charge in [-0.25, -0.2) is 0 Å². The van der Waals surface area contributed by atoms with Crippen molar-refractivity contribution in [3.05, 3.63) is 35.9 Å². The fourth-order valence-electron chi connectivity index (χ4n) is 0.618. The monoisotopic (exact) mass is 259 g/mol. The van der Waals surface area contributed by atoms with Crippen molar-refractivity contribution in [3.63, 3.8) is 0 Å². The summed E-state index contributed by atoms with van der Waals surface area (Å²) in [4.78, 5) is 0. The van der Waals surface area contributed by atoms with Crippen molar-refractivity contribution in [1.82, 2.24) is 0 Å². The predicted octanol–water partition coefficient (Wildman–Crippen LogP) is 3.44. The van der Waals surface area contributed by atoms with Gasteiger partial charge in [0, 0.05) is 0 Å². The van der Waals surface area contributed by atoms with E-state index in [0.717, 1.165) is 5.56 Å². The Morgan fingerprint density at radius 2 is 1.83 bits per heavy atom. The number of hydrogen-bond donors (Lipinski definition) is 0. The molecule has 0 aliphatic carbocycles. The Morgan fingerprint density at radius 3 is 2.33 bits per heavy atom. The molecule has 0 fully saturated rings. The van der Waals surface area contributed by atoms with Crippen LogP contribution in [0.4, 0.5) is 0 Å². The molecule has 0 saturated carbocycles. The molecule has 1 rings (SSSR count). The average molecular weight is 260 g/mol. The number of halogens is 3. The summed E-state index contributed by atoms with van der Waals surface area (Å²) >= 11 is -3.17. The van der Waals surface area contributed by atoms with Crippen LogP contribution in [-0.4, -0.2) is 6.21 Å². The normalized spacial score (nSPS) is 12.2. The van der Waals surface area contributed by atoms with Crippen LogP contribution in [0.2, 0.25) is 0 Å². The molecule has 0 heterocycles. The van der Waals surface area contributed by atoms with Crippen LogP contribution in [0.15, 0.2) is 28.1 Å². The molecule has 0 aliphatic rings. The van der Waals surface area contributed by atoms with E-state index in [0.29, 0.717) is 0 Å². The summed E-state index contributed by atoms with van der Waals surface area (Å²) in [6.07, 6.45) is 1.58. The van der Waals surface area contributed by atoms with E-state index in [1.807, 2.05) is 12.1 Å². The third-order valence-corrected chi connectivity index (χ3v) is 2.75. The zero-order chi connectivity index (χ0) is 9.03. The number of hydrogen-bond acceptors (Lipinski definition) is 1. The summed E-state index contributed by atoms with van der Waals surface area (Å²) in [5, 5.41) is 0. The Labute approximate surface area is 86.5 Å². The summed E-state index contributed by atoms with van der Waals surface area (Å²) in [6, 6.07) is 10.1. The molecule has 0 N–H and O–H groups in total. The Morgan fingerprint density at radius 1 is 1.25 bits per heavy atom. The van der Waals surface area contributed by atoms with E-state index in [1.54, 1.807) is 18.3 Å². The van der Waals surface area contributed by atoms with Crippen LogP contribution < -0.4 is 0 Å². The van der Waals surface area contributed by atoms with Gasteiger partial charge in [-0.1, -0.05) is 0 Å². The number of benzene rings is 1. The predicted molar refractivity (Wildman–Crippen MR) is 50.4 cm³/mol. The van der Waals surface area contributed by atoms with E-state index in [9.17, 15) is 0 Å². The third-order valence-electron chi connectivity index (χ3n) is 1.08. The van der Waals surface area contributed by atoms with Crippen LogP contribution in [-0.2, 0) is 11.4 Å². The fourth-order valence-corrected chi connectivity index (χ4v) is 1.57. The fraction of sp³-hybridized carbons (Fsp3) is 0. The van der Waals surface area contributed by atoms with E-state index in [1.165, 1.54) is 0 Å². The third kappa shape index (κ3) is 4.39. The van der Waals surface area contributed by atoms with Crippen molar-refractivity contribution in [2.24, 2.45) is 3.84 Å². The van der Waals surface area contributed by atoms with Gasteiger partial charge >= 0.3 is 86.9 Å². The molecule has 0 saturated heterocycles. The molecule has 0 amide bonds. The van der Waals surface area contributed by atoms with Crippen LogP contribution in [0, 0.1) is 6.07 Å². The average Bonchev–Trinajstić information content (AvgIpc) is 2.02. The minimum absolute atomic E-state index is 0.918. The van der Waals surface area contributed by atoms with Gasteiger partial charge in [-0.2, -0.15) is 0 Å². The first kappa shape index (κ1) is 10.4. The first-order valence-corrected chi connectivity index (χ1v) is 9.47. The summed E-state index contributed by atoms with van der Waals surface area (Å²) in [5.74, 6) is 0. The van der Waals surface area contributed by atoms with E-state index in [4.69, 9.17) is 29.5 Å². The molecular formula is C7H5Cl3NV. The Hall–Kier alpha value is 0.344. The quantitative estimate of drug-likeness (QED) is 0.722. The zero-order valence-electron chi connectivity index (χ0n) is 5.92. The van der Waals surface area contributed by atoms with Crippen LogP contribution in [0.1, 0.15) is 5.56 Å². The summed E-state index contributed by atoms with van der Waals surface area (Å²) in [5.41, 5.74) is 0.918. The summed E-state index contributed by atoms with van der Waals surface area (Å²) in [7, 11) is 16.7. The molecule has 1 aromatic rings. The molecule has 0 aliphatic heterocycles. The van der Waals surface area contributed by atoms with Gasteiger partial charge < -0.3 is 0 Å². The standard InChI is InChI=1S/C7H5N.3ClH.V/c8-6-7-4-2-1-3-5-7;;;;/h2-6H;3*1H;/q-1;;;;+4/p-3. The van der Waals surface area contributed by atoms with Crippen molar-refractivity contribution in [1.29, 1.82) is 0 Å². The topological polar surface area (TPSA) is 12.4 Å². The second-order valence-electron chi connectivity index (χ2n) is 2.00.